The van der Waals surface area contributed by atoms with E-state index in [1.165, 1.54) is 12.5 Å². The van der Waals surface area contributed by atoms with Gasteiger partial charge in [0.25, 0.3) is 0 Å². The summed E-state index contributed by atoms with van der Waals surface area (Å²) in [6, 6.07) is 6.75. The number of benzene rings is 1. The summed E-state index contributed by atoms with van der Waals surface area (Å²) >= 11 is 3.40. The number of carbonyl (C=O) groups excluding carboxylic acids is 1. The predicted molar refractivity (Wildman–Crippen MR) is 74.0 cm³/mol. The second-order valence-electron chi connectivity index (χ2n) is 3.90. The first-order valence-electron chi connectivity index (χ1n) is 5.70. The molecule has 0 aliphatic carbocycles. The van der Waals surface area contributed by atoms with Crippen molar-refractivity contribution in [2.75, 3.05) is 6.79 Å². The smallest absolute Gasteiger partial charge is 0.307 e. The van der Waals surface area contributed by atoms with E-state index in [1.54, 1.807) is 24.3 Å². The van der Waals surface area contributed by atoms with Crippen molar-refractivity contribution in [3.8, 4) is 11.5 Å². The fourth-order valence-electron chi connectivity index (χ4n) is 1.66. The predicted octanol–water partition coefficient (Wildman–Crippen LogP) is 2.53. The highest BCUT2D eigenvalue weighted by molar-refractivity contribution is 9.10. The molecule has 0 atom stereocenters. The summed E-state index contributed by atoms with van der Waals surface area (Å²) in [4.78, 5) is 11.6. The Kier molecular flexibility index (Phi) is 3.42. The van der Waals surface area contributed by atoms with E-state index in [9.17, 15) is 4.79 Å². The zero-order chi connectivity index (χ0) is 13.9. The Morgan fingerprint density at radius 2 is 2.15 bits per heavy atom. The van der Waals surface area contributed by atoms with Gasteiger partial charge in [0.05, 0.1) is 12.5 Å². The number of hydrogen-bond donors (Lipinski definition) is 1. The van der Waals surface area contributed by atoms with Crippen LogP contribution in [0.3, 0.4) is 0 Å². The average molecular weight is 337 g/mol. The first-order chi connectivity index (χ1) is 9.74. The fourth-order valence-corrected chi connectivity index (χ4v) is 2.08. The first-order valence-corrected chi connectivity index (χ1v) is 6.49. The minimum Gasteiger partial charge on any atom is -0.459 e. The molecule has 1 aromatic carbocycles. The van der Waals surface area contributed by atoms with Gasteiger partial charge in [0, 0.05) is 10.0 Å². The third-order valence-electron chi connectivity index (χ3n) is 2.61. The van der Waals surface area contributed by atoms with Gasteiger partial charge in [-0.2, -0.15) is 5.10 Å². The lowest BCUT2D eigenvalue weighted by Crippen LogP contribution is -2.16. The highest BCUT2D eigenvalue weighted by atomic mass is 79.9. The standard InChI is InChI=1S/C13H9BrN2O4/c14-9-5-12-11(19-7-20-12)4-8(9)6-15-16-13(17)10-2-1-3-18-10/h1-6H,7H2,(H,16,17). The lowest BCUT2D eigenvalue weighted by molar-refractivity contribution is 0.0927. The number of rotatable bonds is 3. The SMILES string of the molecule is O=C(NN=Cc1cc2c(cc1Br)OCO2)c1ccco1. The average Bonchev–Trinajstić information content (AvgIpc) is 3.08. The second-order valence-corrected chi connectivity index (χ2v) is 4.76. The van der Waals surface area contributed by atoms with Gasteiger partial charge in [-0.1, -0.05) is 0 Å². The molecule has 1 aromatic heterocycles. The molecule has 1 aliphatic heterocycles. The van der Waals surface area contributed by atoms with E-state index in [0.29, 0.717) is 11.5 Å². The number of hydrazone groups is 1. The van der Waals surface area contributed by atoms with Crippen LogP contribution in [0.2, 0.25) is 0 Å². The molecule has 6 nitrogen and oxygen atoms in total. The Labute approximate surface area is 122 Å². The molecule has 1 aliphatic rings. The second kappa shape index (κ2) is 5.38. The monoisotopic (exact) mass is 336 g/mol. The van der Waals surface area contributed by atoms with Crippen molar-refractivity contribution in [2.45, 2.75) is 0 Å². The number of fused-ring (bicyclic) bond motifs is 1. The molecule has 2 heterocycles. The normalized spacial score (nSPS) is 12.8. The lowest BCUT2D eigenvalue weighted by atomic mass is 10.2. The number of halogens is 1. The van der Waals surface area contributed by atoms with E-state index in [2.05, 4.69) is 26.5 Å². The van der Waals surface area contributed by atoms with Gasteiger partial charge in [-0.05, 0) is 40.2 Å². The molecule has 102 valence electrons. The molecule has 3 rings (SSSR count). The van der Waals surface area contributed by atoms with Gasteiger partial charge in [0.1, 0.15) is 0 Å². The quantitative estimate of drug-likeness (QED) is 0.690. The number of carbonyl (C=O) groups is 1. The molecule has 0 bridgehead atoms. The van der Waals surface area contributed by atoms with Crippen molar-refractivity contribution in [2.24, 2.45) is 5.10 Å². The summed E-state index contributed by atoms with van der Waals surface area (Å²) in [5.74, 6) is 1.11. The van der Waals surface area contributed by atoms with E-state index >= 15 is 0 Å². The topological polar surface area (TPSA) is 73.1 Å². The number of hydrogen-bond acceptors (Lipinski definition) is 5. The van der Waals surface area contributed by atoms with Crippen molar-refractivity contribution in [3.63, 3.8) is 0 Å². The van der Waals surface area contributed by atoms with Crippen molar-refractivity contribution >= 4 is 28.1 Å². The van der Waals surface area contributed by atoms with E-state index in [4.69, 9.17) is 13.9 Å². The minimum absolute atomic E-state index is 0.201. The summed E-state index contributed by atoms with van der Waals surface area (Å²) in [6.45, 7) is 0.206. The molecule has 1 N–H and O–H groups in total. The van der Waals surface area contributed by atoms with Crippen LogP contribution in [-0.4, -0.2) is 18.9 Å². The largest absolute Gasteiger partial charge is 0.459 e. The van der Waals surface area contributed by atoms with Gasteiger partial charge in [-0.3, -0.25) is 4.79 Å². The molecular weight excluding hydrogens is 328 g/mol. The van der Waals surface area contributed by atoms with E-state index in [0.717, 1.165) is 10.0 Å². The fraction of sp³-hybridized carbons (Fsp3) is 0.0769. The molecule has 0 unspecified atom stereocenters. The number of nitrogens with one attached hydrogen (secondary N) is 1. The van der Waals surface area contributed by atoms with Crippen LogP contribution in [0.25, 0.3) is 0 Å². The maximum Gasteiger partial charge on any atom is 0.307 e. The van der Waals surface area contributed by atoms with Crippen molar-refractivity contribution in [1.29, 1.82) is 0 Å². The van der Waals surface area contributed by atoms with Crippen LogP contribution in [0.1, 0.15) is 16.1 Å². The van der Waals surface area contributed by atoms with E-state index in [1.807, 2.05) is 0 Å². The maximum absolute atomic E-state index is 11.6. The Morgan fingerprint density at radius 3 is 2.90 bits per heavy atom. The third-order valence-corrected chi connectivity index (χ3v) is 3.29. The summed E-state index contributed by atoms with van der Waals surface area (Å²) in [5, 5.41) is 3.87. The first kappa shape index (κ1) is 12.7. The van der Waals surface area contributed by atoms with Gasteiger partial charge >= 0.3 is 5.91 Å². The van der Waals surface area contributed by atoms with E-state index < -0.39 is 5.91 Å². The van der Waals surface area contributed by atoms with Crippen LogP contribution >= 0.6 is 15.9 Å². The zero-order valence-corrected chi connectivity index (χ0v) is 11.7. The van der Waals surface area contributed by atoms with E-state index in [-0.39, 0.29) is 12.6 Å². The minimum atomic E-state index is -0.414. The highest BCUT2D eigenvalue weighted by Gasteiger charge is 2.15. The van der Waals surface area contributed by atoms with Gasteiger partial charge in [-0.25, -0.2) is 5.43 Å². The number of furan rings is 1. The molecule has 0 saturated carbocycles. The number of ether oxygens (including phenoxy) is 2. The lowest BCUT2D eigenvalue weighted by Gasteiger charge is -2.01. The molecule has 0 fully saturated rings. The number of amides is 1. The molecule has 0 radical (unpaired) electrons. The maximum atomic E-state index is 11.6. The molecule has 1 amide bonds. The Bertz CT molecular complexity index is 667. The van der Waals surface area contributed by atoms with Crippen molar-refractivity contribution in [1.82, 2.24) is 5.43 Å². The van der Waals surface area contributed by atoms with Crippen LogP contribution in [0, 0.1) is 0 Å². The molecule has 20 heavy (non-hydrogen) atoms. The van der Waals surface area contributed by atoms with Gasteiger partial charge in [0.2, 0.25) is 6.79 Å². The van der Waals surface area contributed by atoms with Crippen LogP contribution in [0.4, 0.5) is 0 Å². The molecular formula is C13H9BrN2O4. The van der Waals surface area contributed by atoms with Crippen LogP contribution in [0.15, 0.2) is 44.5 Å². The van der Waals surface area contributed by atoms with Crippen LogP contribution in [0.5, 0.6) is 11.5 Å². The summed E-state index contributed by atoms with van der Waals surface area (Å²) in [7, 11) is 0. The molecule has 7 heteroatoms. The molecule has 0 spiro atoms. The Morgan fingerprint density at radius 1 is 1.35 bits per heavy atom. The van der Waals surface area contributed by atoms with Gasteiger partial charge in [-0.15, -0.1) is 0 Å². The molecule has 2 aromatic rings. The van der Waals surface area contributed by atoms with Gasteiger partial charge in [0.15, 0.2) is 17.3 Å². The Hall–Kier alpha value is -2.28. The molecule has 0 saturated heterocycles. The van der Waals surface area contributed by atoms with Crippen molar-refractivity contribution < 1.29 is 18.7 Å². The highest BCUT2D eigenvalue weighted by Crippen LogP contribution is 2.36. The van der Waals surface area contributed by atoms with Crippen molar-refractivity contribution in [3.05, 3.63) is 46.3 Å². The Balaban J connectivity index is 1.72. The summed E-state index contributed by atoms with van der Waals surface area (Å²) < 4.78 is 16.3. The third kappa shape index (κ3) is 2.53. The van der Waals surface area contributed by atoms with Crippen LogP contribution < -0.4 is 14.9 Å². The number of nitrogens with zero attached hydrogens (tertiary/aromatic N) is 1. The van der Waals surface area contributed by atoms with Crippen LogP contribution in [-0.2, 0) is 0 Å². The zero-order valence-electron chi connectivity index (χ0n) is 10.1. The summed E-state index contributed by atoms with van der Waals surface area (Å²) in [5.41, 5.74) is 3.13. The summed E-state index contributed by atoms with van der Waals surface area (Å²) in [6.07, 6.45) is 2.93. The van der Waals surface area contributed by atoms with Gasteiger partial charge < -0.3 is 13.9 Å².